The van der Waals surface area contributed by atoms with E-state index < -0.39 is 0 Å². The highest BCUT2D eigenvalue weighted by Crippen LogP contribution is 2.28. The van der Waals surface area contributed by atoms with E-state index in [0.717, 1.165) is 16.7 Å². The van der Waals surface area contributed by atoms with Crippen LogP contribution in [0.5, 0.6) is 0 Å². The number of rotatable bonds is 7. The van der Waals surface area contributed by atoms with Crippen molar-refractivity contribution in [2.75, 3.05) is 14.1 Å². The minimum Gasteiger partial charge on any atom is -0.355 e. The molecule has 2 amide bonds. The van der Waals surface area contributed by atoms with Gasteiger partial charge in [-0.1, -0.05) is 72.8 Å². The molecule has 0 saturated carbocycles. The van der Waals surface area contributed by atoms with Crippen LogP contribution in [-0.2, 0) is 11.3 Å². The van der Waals surface area contributed by atoms with Gasteiger partial charge in [0.1, 0.15) is 0 Å². The van der Waals surface area contributed by atoms with E-state index in [2.05, 4.69) is 29.6 Å². The summed E-state index contributed by atoms with van der Waals surface area (Å²) in [5.74, 6) is -0.0180. The van der Waals surface area contributed by atoms with Gasteiger partial charge in [0.15, 0.2) is 0 Å². The molecule has 4 heteroatoms. The standard InChI is InChI=1S/C25H26N2O2/c1-26-25(29)22-15-13-19(14-16-22)18-27(2)24(28)17-23(20-9-5-3-6-10-20)21-11-7-4-8-12-21/h3-16,23H,17-18H2,1-2H3,(H,26,29). The predicted molar refractivity (Wildman–Crippen MR) is 116 cm³/mol. The monoisotopic (exact) mass is 386 g/mol. The van der Waals surface area contributed by atoms with Gasteiger partial charge in [-0.2, -0.15) is 0 Å². The van der Waals surface area contributed by atoms with Crippen molar-refractivity contribution in [3.05, 3.63) is 107 Å². The maximum absolute atomic E-state index is 13.0. The van der Waals surface area contributed by atoms with Crippen LogP contribution in [0.15, 0.2) is 84.9 Å². The van der Waals surface area contributed by atoms with Crippen LogP contribution in [0.25, 0.3) is 0 Å². The third-order valence-electron chi connectivity index (χ3n) is 5.07. The third-order valence-corrected chi connectivity index (χ3v) is 5.07. The van der Waals surface area contributed by atoms with Crippen molar-refractivity contribution < 1.29 is 9.59 Å². The maximum atomic E-state index is 13.0. The van der Waals surface area contributed by atoms with E-state index in [1.807, 2.05) is 55.6 Å². The van der Waals surface area contributed by atoms with Crippen LogP contribution in [0.1, 0.15) is 39.4 Å². The van der Waals surface area contributed by atoms with Gasteiger partial charge >= 0.3 is 0 Å². The normalized spacial score (nSPS) is 10.6. The fourth-order valence-corrected chi connectivity index (χ4v) is 3.40. The molecule has 4 nitrogen and oxygen atoms in total. The second-order valence-electron chi connectivity index (χ2n) is 7.10. The van der Waals surface area contributed by atoms with Gasteiger partial charge in [-0.15, -0.1) is 0 Å². The minimum atomic E-state index is -0.116. The molecule has 0 aliphatic carbocycles. The summed E-state index contributed by atoms with van der Waals surface area (Å²) in [6.45, 7) is 0.503. The summed E-state index contributed by atoms with van der Waals surface area (Å²) in [5.41, 5.74) is 3.87. The highest BCUT2D eigenvalue weighted by Gasteiger charge is 2.20. The minimum absolute atomic E-state index is 0.0166. The van der Waals surface area contributed by atoms with Gasteiger partial charge in [0.05, 0.1) is 0 Å². The summed E-state index contributed by atoms with van der Waals surface area (Å²) in [6, 6.07) is 27.6. The van der Waals surface area contributed by atoms with Gasteiger partial charge in [-0.3, -0.25) is 9.59 Å². The van der Waals surface area contributed by atoms with Crippen molar-refractivity contribution in [2.45, 2.75) is 18.9 Å². The smallest absolute Gasteiger partial charge is 0.251 e. The zero-order chi connectivity index (χ0) is 20.6. The van der Waals surface area contributed by atoms with Crippen molar-refractivity contribution >= 4 is 11.8 Å². The van der Waals surface area contributed by atoms with Gasteiger partial charge in [0.2, 0.25) is 5.91 Å². The Labute approximate surface area is 172 Å². The molecule has 0 fully saturated rings. The molecule has 148 valence electrons. The zero-order valence-corrected chi connectivity index (χ0v) is 16.8. The van der Waals surface area contributed by atoms with E-state index in [1.54, 1.807) is 24.1 Å². The number of benzene rings is 3. The number of carbonyl (C=O) groups is 2. The van der Waals surface area contributed by atoms with E-state index in [1.165, 1.54) is 0 Å². The molecule has 0 radical (unpaired) electrons. The molecule has 0 heterocycles. The van der Waals surface area contributed by atoms with Crippen molar-refractivity contribution in [3.63, 3.8) is 0 Å². The number of hydrogen-bond acceptors (Lipinski definition) is 2. The molecule has 0 aromatic heterocycles. The molecule has 0 aliphatic rings. The lowest BCUT2D eigenvalue weighted by Gasteiger charge is -2.23. The average molecular weight is 386 g/mol. The Morgan fingerprint density at radius 3 is 1.83 bits per heavy atom. The first kappa shape index (κ1) is 20.3. The van der Waals surface area contributed by atoms with E-state index in [-0.39, 0.29) is 17.7 Å². The molecule has 3 rings (SSSR count). The molecule has 0 bridgehead atoms. The van der Waals surface area contributed by atoms with Gasteiger partial charge in [0, 0.05) is 38.5 Å². The van der Waals surface area contributed by atoms with Gasteiger partial charge < -0.3 is 10.2 Å². The molecule has 3 aromatic carbocycles. The molecular formula is C25H26N2O2. The summed E-state index contributed by atoms with van der Waals surface area (Å²) in [5, 5.41) is 2.61. The highest BCUT2D eigenvalue weighted by atomic mass is 16.2. The van der Waals surface area contributed by atoms with Crippen LogP contribution >= 0.6 is 0 Å². The Morgan fingerprint density at radius 1 is 0.828 bits per heavy atom. The molecule has 0 aliphatic heterocycles. The third kappa shape index (κ3) is 5.32. The molecule has 29 heavy (non-hydrogen) atoms. The Kier molecular flexibility index (Phi) is 6.80. The second-order valence-corrected chi connectivity index (χ2v) is 7.10. The maximum Gasteiger partial charge on any atom is 0.251 e. The van der Waals surface area contributed by atoms with Gasteiger partial charge in [-0.05, 0) is 28.8 Å². The number of nitrogens with one attached hydrogen (secondary N) is 1. The van der Waals surface area contributed by atoms with Crippen LogP contribution < -0.4 is 5.32 Å². The first-order valence-corrected chi connectivity index (χ1v) is 9.73. The lowest BCUT2D eigenvalue weighted by Crippen LogP contribution is -2.28. The van der Waals surface area contributed by atoms with Crippen LogP contribution in [0, 0.1) is 0 Å². The lowest BCUT2D eigenvalue weighted by molar-refractivity contribution is -0.130. The Balaban J connectivity index is 1.71. The summed E-state index contributed by atoms with van der Waals surface area (Å²) in [4.78, 5) is 26.4. The fourth-order valence-electron chi connectivity index (χ4n) is 3.40. The predicted octanol–water partition coefficient (Wildman–Crippen LogP) is 4.23. The van der Waals surface area contributed by atoms with Crippen LogP contribution in [0.2, 0.25) is 0 Å². The van der Waals surface area contributed by atoms with Crippen LogP contribution in [0.4, 0.5) is 0 Å². The van der Waals surface area contributed by atoms with E-state index in [4.69, 9.17) is 0 Å². The first-order valence-electron chi connectivity index (χ1n) is 9.73. The molecular weight excluding hydrogens is 360 g/mol. The second kappa shape index (κ2) is 9.69. The molecule has 1 N–H and O–H groups in total. The van der Waals surface area contributed by atoms with E-state index >= 15 is 0 Å². The van der Waals surface area contributed by atoms with Crippen LogP contribution in [-0.4, -0.2) is 30.8 Å². The largest absolute Gasteiger partial charge is 0.355 e. The molecule has 0 spiro atoms. The Bertz CT molecular complexity index is 898. The molecule has 0 unspecified atom stereocenters. The summed E-state index contributed by atoms with van der Waals surface area (Å²) in [6.07, 6.45) is 0.404. The number of nitrogens with zero attached hydrogens (tertiary/aromatic N) is 1. The topological polar surface area (TPSA) is 49.4 Å². The number of carbonyl (C=O) groups excluding carboxylic acids is 2. The SMILES string of the molecule is CNC(=O)c1ccc(CN(C)C(=O)CC(c2ccccc2)c2ccccc2)cc1. The van der Waals surface area contributed by atoms with E-state index in [9.17, 15) is 9.59 Å². The number of amides is 2. The summed E-state index contributed by atoms with van der Waals surface area (Å²) >= 11 is 0. The fraction of sp³-hybridized carbons (Fsp3) is 0.200. The van der Waals surface area contributed by atoms with Gasteiger partial charge in [-0.25, -0.2) is 0 Å². The Hall–Kier alpha value is -3.40. The number of hydrogen-bond donors (Lipinski definition) is 1. The van der Waals surface area contributed by atoms with E-state index in [0.29, 0.717) is 18.5 Å². The molecule has 3 aromatic rings. The van der Waals surface area contributed by atoms with Gasteiger partial charge in [0.25, 0.3) is 5.91 Å². The quantitative estimate of drug-likeness (QED) is 0.661. The zero-order valence-electron chi connectivity index (χ0n) is 16.8. The Morgan fingerprint density at radius 2 is 1.34 bits per heavy atom. The summed E-state index contributed by atoms with van der Waals surface area (Å²) < 4.78 is 0. The highest BCUT2D eigenvalue weighted by molar-refractivity contribution is 5.93. The van der Waals surface area contributed by atoms with Crippen molar-refractivity contribution in [1.82, 2.24) is 10.2 Å². The molecule has 0 saturated heterocycles. The lowest BCUT2D eigenvalue weighted by atomic mass is 9.88. The van der Waals surface area contributed by atoms with Crippen LogP contribution in [0.3, 0.4) is 0 Å². The first-order chi connectivity index (χ1) is 14.1. The van der Waals surface area contributed by atoms with Crippen molar-refractivity contribution in [3.8, 4) is 0 Å². The van der Waals surface area contributed by atoms with Crippen molar-refractivity contribution in [2.24, 2.45) is 0 Å². The summed E-state index contributed by atoms with van der Waals surface area (Å²) in [7, 11) is 3.43. The average Bonchev–Trinajstić information content (AvgIpc) is 2.78. The molecule has 0 atom stereocenters. The van der Waals surface area contributed by atoms with Crippen molar-refractivity contribution in [1.29, 1.82) is 0 Å².